The van der Waals surface area contributed by atoms with E-state index in [1.807, 2.05) is 43.1 Å². The normalized spacial score (nSPS) is 17.3. The zero-order chi connectivity index (χ0) is 18.4. The Hall–Kier alpha value is -2.41. The highest BCUT2D eigenvalue weighted by Gasteiger charge is 2.22. The first-order valence-electron chi connectivity index (χ1n) is 9.20. The van der Waals surface area contributed by atoms with Gasteiger partial charge in [-0.2, -0.15) is 4.98 Å². The van der Waals surface area contributed by atoms with E-state index in [1.54, 1.807) is 0 Å². The third-order valence-electron chi connectivity index (χ3n) is 4.63. The standard InChI is InChI=1S/C19H26N4O3/c1-3-25-16-8-6-14(7-9-16)19-21-17(26-22-19)10-11-18(24)23-12-4-5-15(13-23)20-2/h6-9,15,20H,3-5,10-13H2,1-2H3. The number of aryl methyl sites for hydroxylation is 1. The van der Waals surface area contributed by atoms with Crippen LogP contribution in [0.5, 0.6) is 5.75 Å². The number of nitrogens with one attached hydrogen (secondary N) is 1. The molecule has 1 N–H and O–H groups in total. The van der Waals surface area contributed by atoms with Gasteiger partial charge >= 0.3 is 0 Å². The Morgan fingerprint density at radius 3 is 2.92 bits per heavy atom. The van der Waals surface area contributed by atoms with Crippen LogP contribution in [0.3, 0.4) is 0 Å². The topological polar surface area (TPSA) is 80.5 Å². The van der Waals surface area contributed by atoms with Gasteiger partial charge in [0.25, 0.3) is 0 Å². The Balaban J connectivity index is 1.54. The number of amides is 1. The average molecular weight is 358 g/mol. The Kier molecular flexibility index (Phi) is 6.22. The minimum atomic E-state index is 0.144. The van der Waals surface area contributed by atoms with Crippen molar-refractivity contribution in [1.82, 2.24) is 20.4 Å². The summed E-state index contributed by atoms with van der Waals surface area (Å²) in [5.41, 5.74) is 0.864. The summed E-state index contributed by atoms with van der Waals surface area (Å²) in [4.78, 5) is 18.7. The van der Waals surface area contributed by atoms with E-state index in [4.69, 9.17) is 9.26 Å². The fourth-order valence-corrected chi connectivity index (χ4v) is 3.15. The number of rotatable bonds is 7. The molecule has 1 unspecified atom stereocenters. The molecule has 140 valence electrons. The predicted octanol–water partition coefficient (Wildman–Crippen LogP) is 2.28. The summed E-state index contributed by atoms with van der Waals surface area (Å²) in [5, 5.41) is 7.27. The molecule has 26 heavy (non-hydrogen) atoms. The highest BCUT2D eigenvalue weighted by atomic mass is 16.5. The summed E-state index contributed by atoms with van der Waals surface area (Å²) < 4.78 is 10.7. The van der Waals surface area contributed by atoms with Crippen molar-refractivity contribution in [1.29, 1.82) is 0 Å². The minimum Gasteiger partial charge on any atom is -0.494 e. The Labute approximate surface area is 153 Å². The molecule has 7 nitrogen and oxygen atoms in total. The van der Waals surface area contributed by atoms with Crippen LogP contribution in [0.4, 0.5) is 0 Å². The molecule has 1 aliphatic heterocycles. The fourth-order valence-electron chi connectivity index (χ4n) is 3.15. The summed E-state index contributed by atoms with van der Waals surface area (Å²) in [5.74, 6) is 1.98. The Bertz CT molecular complexity index is 714. The summed E-state index contributed by atoms with van der Waals surface area (Å²) in [6, 6.07) is 7.95. The summed E-state index contributed by atoms with van der Waals surface area (Å²) >= 11 is 0. The highest BCUT2D eigenvalue weighted by molar-refractivity contribution is 5.76. The number of aromatic nitrogens is 2. The van der Waals surface area contributed by atoms with Crippen LogP contribution in [0.25, 0.3) is 11.4 Å². The van der Waals surface area contributed by atoms with E-state index in [0.717, 1.165) is 37.2 Å². The number of likely N-dealkylation sites (tertiary alicyclic amines) is 1. The molecule has 1 atom stereocenters. The molecule has 3 rings (SSSR count). The Morgan fingerprint density at radius 1 is 1.38 bits per heavy atom. The van der Waals surface area contributed by atoms with Crippen LogP contribution in [0.15, 0.2) is 28.8 Å². The number of benzene rings is 1. The molecule has 1 aromatic heterocycles. The van der Waals surface area contributed by atoms with Gasteiger partial charge in [-0.05, 0) is 51.1 Å². The SMILES string of the molecule is CCOc1ccc(-c2noc(CCC(=O)N3CCCC(NC)C3)n2)cc1. The molecule has 0 aliphatic carbocycles. The largest absolute Gasteiger partial charge is 0.494 e. The second-order valence-electron chi connectivity index (χ2n) is 6.44. The van der Waals surface area contributed by atoms with Gasteiger partial charge in [-0.25, -0.2) is 0 Å². The number of ether oxygens (including phenoxy) is 1. The number of hydrogen-bond donors (Lipinski definition) is 1. The van der Waals surface area contributed by atoms with Gasteiger partial charge < -0.3 is 19.5 Å². The molecular weight excluding hydrogens is 332 g/mol. The van der Waals surface area contributed by atoms with Crippen LogP contribution in [-0.2, 0) is 11.2 Å². The third-order valence-corrected chi connectivity index (χ3v) is 4.63. The monoisotopic (exact) mass is 358 g/mol. The van der Waals surface area contributed by atoms with E-state index in [2.05, 4.69) is 15.5 Å². The molecule has 2 aromatic rings. The van der Waals surface area contributed by atoms with Crippen molar-refractivity contribution in [3.05, 3.63) is 30.2 Å². The lowest BCUT2D eigenvalue weighted by molar-refractivity contribution is -0.132. The van der Waals surface area contributed by atoms with Crippen LogP contribution in [0.2, 0.25) is 0 Å². The van der Waals surface area contributed by atoms with Crippen LogP contribution in [0, 0.1) is 0 Å². The lowest BCUT2D eigenvalue weighted by atomic mass is 10.1. The predicted molar refractivity (Wildman–Crippen MR) is 97.9 cm³/mol. The van der Waals surface area contributed by atoms with Gasteiger partial charge in [0.1, 0.15) is 5.75 Å². The van der Waals surface area contributed by atoms with Crippen molar-refractivity contribution in [3.63, 3.8) is 0 Å². The van der Waals surface area contributed by atoms with Gasteiger partial charge in [-0.1, -0.05) is 5.16 Å². The van der Waals surface area contributed by atoms with Gasteiger partial charge in [0, 0.05) is 37.5 Å². The van der Waals surface area contributed by atoms with Gasteiger partial charge in [-0.15, -0.1) is 0 Å². The number of carbonyl (C=O) groups is 1. The summed E-state index contributed by atoms with van der Waals surface area (Å²) in [6.45, 7) is 4.18. The van der Waals surface area contributed by atoms with E-state index in [-0.39, 0.29) is 5.91 Å². The molecule has 1 saturated heterocycles. The molecule has 1 fully saturated rings. The van der Waals surface area contributed by atoms with Gasteiger partial charge in [0.2, 0.25) is 17.6 Å². The van der Waals surface area contributed by atoms with Crippen LogP contribution < -0.4 is 10.1 Å². The van der Waals surface area contributed by atoms with Crippen molar-refractivity contribution >= 4 is 5.91 Å². The first kappa shape index (κ1) is 18.4. The number of carbonyl (C=O) groups excluding carboxylic acids is 1. The van der Waals surface area contributed by atoms with E-state index in [9.17, 15) is 4.79 Å². The van der Waals surface area contributed by atoms with Gasteiger partial charge in [0.15, 0.2) is 0 Å². The van der Waals surface area contributed by atoms with Gasteiger partial charge in [0.05, 0.1) is 6.61 Å². The maximum Gasteiger partial charge on any atom is 0.227 e. The second kappa shape index (κ2) is 8.80. The highest BCUT2D eigenvalue weighted by Crippen LogP contribution is 2.20. The first-order valence-corrected chi connectivity index (χ1v) is 9.20. The van der Waals surface area contributed by atoms with Crippen LogP contribution in [0.1, 0.15) is 32.1 Å². The van der Waals surface area contributed by atoms with Crippen molar-refractivity contribution in [3.8, 4) is 17.1 Å². The molecule has 0 spiro atoms. The number of piperidine rings is 1. The zero-order valence-corrected chi connectivity index (χ0v) is 15.4. The molecule has 7 heteroatoms. The number of hydrogen-bond acceptors (Lipinski definition) is 6. The van der Waals surface area contributed by atoms with Crippen LogP contribution in [-0.4, -0.2) is 53.7 Å². The number of nitrogens with zero attached hydrogens (tertiary/aromatic N) is 3. The molecule has 1 amide bonds. The maximum absolute atomic E-state index is 12.4. The van der Waals surface area contributed by atoms with Crippen LogP contribution >= 0.6 is 0 Å². The first-order chi connectivity index (χ1) is 12.7. The van der Waals surface area contributed by atoms with E-state index in [0.29, 0.717) is 37.2 Å². The summed E-state index contributed by atoms with van der Waals surface area (Å²) in [7, 11) is 1.94. The Morgan fingerprint density at radius 2 is 2.19 bits per heavy atom. The minimum absolute atomic E-state index is 0.144. The molecule has 2 heterocycles. The van der Waals surface area contributed by atoms with E-state index in [1.165, 1.54) is 0 Å². The second-order valence-corrected chi connectivity index (χ2v) is 6.44. The van der Waals surface area contributed by atoms with Crippen molar-refractivity contribution < 1.29 is 14.1 Å². The van der Waals surface area contributed by atoms with Gasteiger partial charge in [-0.3, -0.25) is 4.79 Å². The molecular formula is C19H26N4O3. The van der Waals surface area contributed by atoms with E-state index >= 15 is 0 Å². The molecule has 0 bridgehead atoms. The zero-order valence-electron chi connectivity index (χ0n) is 15.4. The third kappa shape index (κ3) is 4.60. The quantitative estimate of drug-likeness (QED) is 0.818. The summed E-state index contributed by atoms with van der Waals surface area (Å²) in [6.07, 6.45) is 3.01. The van der Waals surface area contributed by atoms with Crippen molar-refractivity contribution in [2.24, 2.45) is 0 Å². The van der Waals surface area contributed by atoms with Crippen molar-refractivity contribution in [2.75, 3.05) is 26.7 Å². The lowest BCUT2D eigenvalue weighted by Crippen LogP contribution is -2.47. The number of likely N-dealkylation sites (N-methyl/N-ethyl adjacent to an activating group) is 1. The molecule has 1 aliphatic rings. The lowest BCUT2D eigenvalue weighted by Gasteiger charge is -2.32. The maximum atomic E-state index is 12.4. The fraction of sp³-hybridized carbons (Fsp3) is 0.526. The van der Waals surface area contributed by atoms with E-state index < -0.39 is 0 Å². The molecule has 0 saturated carbocycles. The van der Waals surface area contributed by atoms with Crippen molar-refractivity contribution in [2.45, 2.75) is 38.6 Å². The molecule has 1 aromatic carbocycles. The molecule has 0 radical (unpaired) electrons. The smallest absolute Gasteiger partial charge is 0.227 e. The average Bonchev–Trinajstić information content (AvgIpc) is 3.16.